The third kappa shape index (κ3) is 3.07. The van der Waals surface area contributed by atoms with E-state index in [0.29, 0.717) is 11.3 Å². The van der Waals surface area contributed by atoms with Crippen LogP contribution in [0.15, 0.2) is 48.9 Å². The van der Waals surface area contributed by atoms with E-state index in [4.69, 9.17) is 0 Å². The highest BCUT2D eigenvalue weighted by atomic mass is 16.2. The van der Waals surface area contributed by atoms with Crippen LogP contribution in [0.25, 0.3) is 5.69 Å². The highest BCUT2D eigenvalue weighted by molar-refractivity contribution is 5.98. The van der Waals surface area contributed by atoms with Crippen molar-refractivity contribution in [1.82, 2.24) is 35.6 Å². The molecule has 3 aromatic rings. The van der Waals surface area contributed by atoms with Gasteiger partial charge < -0.3 is 4.57 Å². The first-order valence-electron chi connectivity index (χ1n) is 6.70. The molecule has 9 heteroatoms. The van der Waals surface area contributed by atoms with Gasteiger partial charge in [-0.25, -0.2) is 4.68 Å². The highest BCUT2D eigenvalue weighted by Crippen LogP contribution is 2.07. The van der Waals surface area contributed by atoms with E-state index in [1.807, 2.05) is 0 Å². The Morgan fingerprint density at radius 2 is 1.78 bits per heavy atom. The van der Waals surface area contributed by atoms with Crippen LogP contribution in [-0.4, -0.2) is 36.6 Å². The number of amides is 2. The summed E-state index contributed by atoms with van der Waals surface area (Å²) >= 11 is 0. The maximum absolute atomic E-state index is 12.0. The Balaban J connectivity index is 1.62. The van der Waals surface area contributed by atoms with Crippen molar-refractivity contribution in [2.75, 3.05) is 0 Å². The summed E-state index contributed by atoms with van der Waals surface area (Å²) in [5, 5.41) is 10.8. The van der Waals surface area contributed by atoms with Gasteiger partial charge in [-0.15, -0.1) is 5.10 Å². The minimum atomic E-state index is -0.421. The van der Waals surface area contributed by atoms with Crippen LogP contribution in [0.1, 0.15) is 20.8 Å². The number of hydrogen-bond acceptors (Lipinski definition) is 5. The monoisotopic (exact) mass is 311 g/mol. The largest absolute Gasteiger partial charge is 0.347 e. The summed E-state index contributed by atoms with van der Waals surface area (Å²) < 4.78 is 3.13. The van der Waals surface area contributed by atoms with E-state index in [1.54, 1.807) is 54.2 Å². The topological polar surface area (TPSA) is 107 Å². The number of rotatable bonds is 3. The summed E-state index contributed by atoms with van der Waals surface area (Å²) in [6.45, 7) is 0. The first-order chi connectivity index (χ1) is 11.1. The average Bonchev–Trinajstić information content (AvgIpc) is 3.24. The minimum Gasteiger partial charge on any atom is -0.347 e. The van der Waals surface area contributed by atoms with Crippen LogP contribution >= 0.6 is 0 Å². The lowest BCUT2D eigenvalue weighted by molar-refractivity contribution is 0.0842. The van der Waals surface area contributed by atoms with Crippen molar-refractivity contribution >= 4 is 11.8 Å². The Morgan fingerprint density at radius 3 is 2.39 bits per heavy atom. The second kappa shape index (κ2) is 6.10. The SMILES string of the molecule is Cn1cccc1C(=O)NNC(=O)c1ccc(-n2cnnn2)cc1. The zero-order chi connectivity index (χ0) is 16.2. The number of nitrogens with one attached hydrogen (secondary N) is 2. The zero-order valence-electron chi connectivity index (χ0n) is 12.2. The van der Waals surface area contributed by atoms with Gasteiger partial charge in [-0.2, -0.15) is 0 Å². The molecule has 0 saturated carbocycles. The smallest absolute Gasteiger partial charge is 0.286 e. The Bertz CT molecular complexity index is 821. The second-order valence-electron chi connectivity index (χ2n) is 4.71. The molecule has 23 heavy (non-hydrogen) atoms. The van der Waals surface area contributed by atoms with E-state index in [2.05, 4.69) is 26.4 Å². The lowest BCUT2D eigenvalue weighted by Crippen LogP contribution is -2.42. The van der Waals surface area contributed by atoms with Gasteiger partial charge >= 0.3 is 0 Å². The van der Waals surface area contributed by atoms with Gasteiger partial charge in [-0.3, -0.25) is 20.4 Å². The van der Waals surface area contributed by atoms with E-state index in [-0.39, 0.29) is 0 Å². The van der Waals surface area contributed by atoms with Gasteiger partial charge in [0.1, 0.15) is 12.0 Å². The van der Waals surface area contributed by atoms with E-state index in [0.717, 1.165) is 5.69 Å². The fourth-order valence-corrected chi connectivity index (χ4v) is 1.99. The summed E-state index contributed by atoms with van der Waals surface area (Å²) in [5.41, 5.74) is 6.30. The molecule has 2 N–H and O–H groups in total. The summed E-state index contributed by atoms with van der Waals surface area (Å²) in [6, 6.07) is 10.0. The number of hydrazine groups is 1. The van der Waals surface area contributed by atoms with Crippen LogP contribution in [0.4, 0.5) is 0 Å². The molecule has 116 valence electrons. The van der Waals surface area contributed by atoms with Crippen LogP contribution in [0, 0.1) is 0 Å². The van der Waals surface area contributed by atoms with Crippen LogP contribution in [-0.2, 0) is 7.05 Å². The Kier molecular flexibility index (Phi) is 3.83. The molecule has 1 aromatic carbocycles. The molecule has 2 amide bonds. The van der Waals surface area contributed by atoms with Crippen LogP contribution in [0.5, 0.6) is 0 Å². The first kappa shape index (κ1) is 14.4. The predicted octanol–water partition coefficient (Wildman–Crippen LogP) is 0.0756. The summed E-state index contributed by atoms with van der Waals surface area (Å²) in [6.07, 6.45) is 3.20. The van der Waals surface area contributed by atoms with E-state index >= 15 is 0 Å². The van der Waals surface area contributed by atoms with Crippen LogP contribution in [0.3, 0.4) is 0 Å². The quantitative estimate of drug-likeness (QED) is 0.666. The maximum atomic E-state index is 12.0. The molecule has 0 saturated heterocycles. The molecule has 0 radical (unpaired) electrons. The Morgan fingerprint density at radius 1 is 1.04 bits per heavy atom. The molecular weight excluding hydrogens is 298 g/mol. The molecule has 0 aliphatic heterocycles. The van der Waals surface area contributed by atoms with Gasteiger partial charge in [0.2, 0.25) is 0 Å². The summed E-state index contributed by atoms with van der Waals surface area (Å²) in [4.78, 5) is 23.9. The second-order valence-corrected chi connectivity index (χ2v) is 4.71. The lowest BCUT2D eigenvalue weighted by Gasteiger charge is -2.08. The Labute approximate surface area is 130 Å². The molecule has 0 unspecified atom stereocenters. The average molecular weight is 311 g/mol. The van der Waals surface area contributed by atoms with Gasteiger partial charge in [0.05, 0.1) is 5.69 Å². The van der Waals surface area contributed by atoms with Crippen molar-refractivity contribution in [3.8, 4) is 5.69 Å². The molecule has 0 bridgehead atoms. The third-order valence-corrected chi connectivity index (χ3v) is 3.21. The molecule has 2 aromatic heterocycles. The van der Waals surface area contributed by atoms with Crippen LogP contribution < -0.4 is 10.9 Å². The highest BCUT2D eigenvalue weighted by Gasteiger charge is 2.11. The first-order valence-corrected chi connectivity index (χ1v) is 6.70. The van der Waals surface area contributed by atoms with Gasteiger partial charge in [-0.05, 0) is 46.8 Å². The lowest BCUT2D eigenvalue weighted by atomic mass is 10.2. The van der Waals surface area contributed by atoms with Crippen molar-refractivity contribution in [2.45, 2.75) is 0 Å². The molecule has 0 fully saturated rings. The number of hydrogen-bond donors (Lipinski definition) is 2. The molecule has 9 nitrogen and oxygen atoms in total. The number of tetrazole rings is 1. The number of aromatic nitrogens is 5. The van der Waals surface area contributed by atoms with Crippen molar-refractivity contribution in [1.29, 1.82) is 0 Å². The van der Waals surface area contributed by atoms with Gasteiger partial charge in [0, 0.05) is 18.8 Å². The Hall–Kier alpha value is -3.49. The number of carbonyl (C=O) groups excluding carboxylic acids is 2. The number of carbonyl (C=O) groups is 2. The third-order valence-electron chi connectivity index (χ3n) is 3.21. The van der Waals surface area contributed by atoms with Crippen molar-refractivity contribution in [3.05, 3.63) is 60.2 Å². The normalized spacial score (nSPS) is 10.3. The molecule has 3 rings (SSSR count). The number of benzene rings is 1. The standard InChI is InChI=1S/C14H13N7O2/c1-20-8-2-3-12(20)14(23)17-16-13(22)10-4-6-11(7-5-10)21-9-15-18-19-21/h2-9H,1H3,(H,16,22)(H,17,23). The van der Waals surface area contributed by atoms with Gasteiger partial charge in [0.25, 0.3) is 11.8 Å². The van der Waals surface area contributed by atoms with Gasteiger partial charge in [0.15, 0.2) is 0 Å². The molecule has 0 aliphatic rings. The van der Waals surface area contributed by atoms with E-state index in [9.17, 15) is 9.59 Å². The zero-order valence-corrected chi connectivity index (χ0v) is 12.2. The van der Waals surface area contributed by atoms with Crippen molar-refractivity contribution < 1.29 is 9.59 Å². The fourth-order valence-electron chi connectivity index (χ4n) is 1.99. The fraction of sp³-hybridized carbons (Fsp3) is 0.0714. The number of nitrogens with zero attached hydrogens (tertiary/aromatic N) is 5. The minimum absolute atomic E-state index is 0.392. The van der Waals surface area contributed by atoms with Crippen LogP contribution in [0.2, 0.25) is 0 Å². The van der Waals surface area contributed by atoms with Crippen molar-refractivity contribution in [3.63, 3.8) is 0 Å². The maximum Gasteiger partial charge on any atom is 0.286 e. The summed E-state index contributed by atoms with van der Waals surface area (Å²) in [5.74, 6) is -0.813. The molecular formula is C14H13N7O2. The predicted molar refractivity (Wildman–Crippen MR) is 79.5 cm³/mol. The van der Waals surface area contributed by atoms with E-state index in [1.165, 1.54) is 11.0 Å². The van der Waals surface area contributed by atoms with Crippen molar-refractivity contribution in [2.24, 2.45) is 7.05 Å². The number of aryl methyl sites for hydroxylation is 1. The molecule has 0 spiro atoms. The summed E-state index contributed by atoms with van der Waals surface area (Å²) in [7, 11) is 1.74. The molecule has 0 atom stereocenters. The molecule has 0 aliphatic carbocycles. The van der Waals surface area contributed by atoms with Gasteiger partial charge in [-0.1, -0.05) is 0 Å². The van der Waals surface area contributed by atoms with E-state index < -0.39 is 11.8 Å². The molecule has 2 heterocycles.